The highest BCUT2D eigenvalue weighted by Crippen LogP contribution is 2.28. The molecule has 3 atom stereocenters. The first-order valence-corrected chi connectivity index (χ1v) is 8.65. The molecule has 2 nitrogen and oxygen atoms in total. The fraction of sp³-hybridized carbons (Fsp3) is 0.750. The van der Waals surface area contributed by atoms with Crippen LogP contribution >= 0.6 is 11.3 Å². The van der Waals surface area contributed by atoms with Crippen LogP contribution in [-0.2, 0) is 11.2 Å². The smallest absolute Gasteiger partial charge is 0.0616 e. The molecule has 0 aromatic carbocycles. The van der Waals surface area contributed by atoms with Crippen molar-refractivity contribution in [1.29, 1.82) is 0 Å². The molecule has 0 bridgehead atoms. The van der Waals surface area contributed by atoms with Crippen LogP contribution in [0.4, 0.5) is 0 Å². The van der Waals surface area contributed by atoms with E-state index in [0.29, 0.717) is 18.1 Å². The van der Waals surface area contributed by atoms with Crippen molar-refractivity contribution in [2.75, 3.05) is 13.2 Å². The Kier molecular flexibility index (Phi) is 6.35. The summed E-state index contributed by atoms with van der Waals surface area (Å²) in [5.74, 6) is 0.704. The van der Waals surface area contributed by atoms with Gasteiger partial charge >= 0.3 is 0 Å². The van der Waals surface area contributed by atoms with E-state index >= 15 is 0 Å². The van der Waals surface area contributed by atoms with Crippen LogP contribution in [0.2, 0.25) is 0 Å². The summed E-state index contributed by atoms with van der Waals surface area (Å²) >= 11 is 1.80. The average molecular weight is 281 g/mol. The molecule has 0 amide bonds. The minimum absolute atomic E-state index is 0.469. The number of nitrogens with one attached hydrogen (secondary N) is 1. The van der Waals surface area contributed by atoms with E-state index in [0.717, 1.165) is 19.6 Å². The molecule has 0 saturated carbocycles. The molecule has 1 aliphatic rings. The van der Waals surface area contributed by atoms with Crippen LogP contribution in [0, 0.1) is 5.92 Å². The van der Waals surface area contributed by atoms with Crippen LogP contribution in [0.5, 0.6) is 0 Å². The van der Waals surface area contributed by atoms with Gasteiger partial charge in [0.25, 0.3) is 0 Å². The van der Waals surface area contributed by atoms with Crippen LogP contribution in [-0.4, -0.2) is 25.3 Å². The van der Waals surface area contributed by atoms with E-state index in [1.807, 2.05) is 0 Å². The number of hydrogen-bond acceptors (Lipinski definition) is 3. The molecule has 3 unspecified atom stereocenters. The van der Waals surface area contributed by atoms with E-state index in [1.165, 1.54) is 31.2 Å². The fourth-order valence-electron chi connectivity index (χ4n) is 3.10. The van der Waals surface area contributed by atoms with Gasteiger partial charge in [0.15, 0.2) is 0 Å². The molecule has 1 aromatic heterocycles. The zero-order chi connectivity index (χ0) is 13.5. The van der Waals surface area contributed by atoms with Gasteiger partial charge in [-0.05, 0) is 61.0 Å². The van der Waals surface area contributed by atoms with Crippen molar-refractivity contribution in [3.8, 4) is 0 Å². The van der Waals surface area contributed by atoms with Gasteiger partial charge in [0, 0.05) is 18.6 Å². The summed E-state index contributed by atoms with van der Waals surface area (Å²) in [6.07, 6.45) is 6.48. The van der Waals surface area contributed by atoms with Gasteiger partial charge in [-0.3, -0.25) is 0 Å². The summed E-state index contributed by atoms with van der Waals surface area (Å²) in [6, 6.07) is 2.87. The molecule has 2 rings (SSSR count). The van der Waals surface area contributed by atoms with Gasteiger partial charge in [0.2, 0.25) is 0 Å². The maximum absolute atomic E-state index is 5.87. The minimum atomic E-state index is 0.469. The second kappa shape index (κ2) is 8.03. The zero-order valence-electron chi connectivity index (χ0n) is 12.2. The highest BCUT2D eigenvalue weighted by Gasteiger charge is 2.32. The van der Waals surface area contributed by atoms with E-state index < -0.39 is 0 Å². The quantitative estimate of drug-likeness (QED) is 0.781. The Hall–Kier alpha value is -0.380. The topological polar surface area (TPSA) is 21.3 Å². The van der Waals surface area contributed by atoms with Gasteiger partial charge in [-0.15, -0.1) is 0 Å². The maximum Gasteiger partial charge on any atom is 0.0616 e. The van der Waals surface area contributed by atoms with Crippen molar-refractivity contribution in [3.05, 3.63) is 22.4 Å². The summed E-state index contributed by atoms with van der Waals surface area (Å²) in [4.78, 5) is 0. The van der Waals surface area contributed by atoms with E-state index in [2.05, 4.69) is 36.0 Å². The van der Waals surface area contributed by atoms with Gasteiger partial charge in [0.05, 0.1) is 6.10 Å². The Morgan fingerprint density at radius 1 is 1.47 bits per heavy atom. The fourth-order valence-corrected chi connectivity index (χ4v) is 3.80. The first-order chi connectivity index (χ1) is 9.35. The number of hydrogen-bond donors (Lipinski definition) is 1. The van der Waals surface area contributed by atoms with E-state index in [-0.39, 0.29) is 0 Å². The molecule has 2 heterocycles. The van der Waals surface area contributed by atoms with Crippen molar-refractivity contribution in [2.24, 2.45) is 5.92 Å². The van der Waals surface area contributed by atoms with Crippen molar-refractivity contribution in [3.63, 3.8) is 0 Å². The lowest BCUT2D eigenvalue weighted by Crippen LogP contribution is -2.40. The molecule has 1 fully saturated rings. The molecule has 0 spiro atoms. The molecule has 1 aromatic rings. The molecular weight excluding hydrogens is 254 g/mol. The Morgan fingerprint density at radius 3 is 3.05 bits per heavy atom. The van der Waals surface area contributed by atoms with E-state index in [1.54, 1.807) is 11.3 Å². The molecule has 108 valence electrons. The second-order valence-electron chi connectivity index (χ2n) is 5.50. The number of rotatable bonds is 8. The summed E-state index contributed by atoms with van der Waals surface area (Å²) in [6.45, 7) is 6.57. The SMILES string of the molecule is CCCNC(CCc1ccsc1)C1CCOC1CC. The average Bonchev–Trinajstić information content (AvgIpc) is 3.09. The van der Waals surface area contributed by atoms with E-state index in [4.69, 9.17) is 4.74 Å². The molecule has 1 aliphatic heterocycles. The Bertz CT molecular complexity index is 339. The minimum Gasteiger partial charge on any atom is -0.378 e. The summed E-state index contributed by atoms with van der Waals surface area (Å²) in [5.41, 5.74) is 1.49. The highest BCUT2D eigenvalue weighted by molar-refractivity contribution is 7.07. The third kappa shape index (κ3) is 4.30. The molecular formula is C16H27NOS. The van der Waals surface area contributed by atoms with Crippen molar-refractivity contribution in [1.82, 2.24) is 5.32 Å². The Morgan fingerprint density at radius 2 is 2.37 bits per heavy atom. The lowest BCUT2D eigenvalue weighted by Gasteiger charge is -2.28. The molecule has 0 radical (unpaired) electrons. The summed E-state index contributed by atoms with van der Waals surface area (Å²) < 4.78 is 5.87. The van der Waals surface area contributed by atoms with Crippen LogP contribution in [0.3, 0.4) is 0 Å². The Balaban J connectivity index is 1.90. The van der Waals surface area contributed by atoms with Gasteiger partial charge in [-0.1, -0.05) is 13.8 Å². The van der Waals surface area contributed by atoms with Gasteiger partial charge in [-0.2, -0.15) is 11.3 Å². The lowest BCUT2D eigenvalue weighted by atomic mass is 9.87. The first-order valence-electron chi connectivity index (χ1n) is 7.71. The lowest BCUT2D eigenvalue weighted by molar-refractivity contribution is 0.0765. The monoisotopic (exact) mass is 281 g/mol. The largest absolute Gasteiger partial charge is 0.378 e. The number of ether oxygens (including phenoxy) is 1. The van der Waals surface area contributed by atoms with Crippen LogP contribution < -0.4 is 5.32 Å². The molecule has 0 aliphatic carbocycles. The normalized spacial score (nSPS) is 24.7. The predicted molar refractivity (Wildman–Crippen MR) is 82.9 cm³/mol. The second-order valence-corrected chi connectivity index (χ2v) is 6.28. The molecule has 19 heavy (non-hydrogen) atoms. The van der Waals surface area contributed by atoms with Crippen molar-refractivity contribution in [2.45, 2.75) is 58.1 Å². The highest BCUT2D eigenvalue weighted by atomic mass is 32.1. The maximum atomic E-state index is 5.87. The van der Waals surface area contributed by atoms with Crippen molar-refractivity contribution < 1.29 is 4.74 Å². The van der Waals surface area contributed by atoms with Crippen molar-refractivity contribution >= 4 is 11.3 Å². The molecule has 1 N–H and O–H groups in total. The first kappa shape index (κ1) is 15.0. The molecule has 1 saturated heterocycles. The summed E-state index contributed by atoms with van der Waals surface area (Å²) in [7, 11) is 0. The van der Waals surface area contributed by atoms with Gasteiger partial charge < -0.3 is 10.1 Å². The Labute approximate surface area is 121 Å². The van der Waals surface area contributed by atoms with Crippen LogP contribution in [0.15, 0.2) is 16.8 Å². The number of thiophene rings is 1. The predicted octanol–water partition coefficient (Wildman–Crippen LogP) is 3.86. The third-order valence-corrected chi connectivity index (χ3v) is 4.89. The van der Waals surface area contributed by atoms with Crippen LogP contribution in [0.1, 0.15) is 45.1 Å². The summed E-state index contributed by atoms with van der Waals surface area (Å²) in [5, 5.41) is 8.22. The third-order valence-electron chi connectivity index (χ3n) is 4.16. The zero-order valence-corrected chi connectivity index (χ0v) is 13.0. The molecule has 3 heteroatoms. The standard InChI is InChI=1S/C16H27NOS/c1-3-9-17-15(6-5-13-8-11-19-12-13)14-7-10-18-16(14)4-2/h8,11-12,14-17H,3-7,9-10H2,1-2H3. The van der Waals surface area contributed by atoms with E-state index in [9.17, 15) is 0 Å². The van der Waals surface area contributed by atoms with Gasteiger partial charge in [-0.25, -0.2) is 0 Å². The van der Waals surface area contributed by atoms with Crippen LogP contribution in [0.25, 0.3) is 0 Å². The van der Waals surface area contributed by atoms with Gasteiger partial charge in [0.1, 0.15) is 0 Å². The number of aryl methyl sites for hydroxylation is 1.